The fourth-order valence-electron chi connectivity index (χ4n) is 3.63. The number of aryl methyl sites for hydroxylation is 2. The Kier molecular flexibility index (Phi) is 4.35. The summed E-state index contributed by atoms with van der Waals surface area (Å²) < 4.78 is 5.77. The van der Waals surface area contributed by atoms with Gasteiger partial charge in [0.15, 0.2) is 5.76 Å². The third kappa shape index (κ3) is 2.79. The van der Waals surface area contributed by atoms with E-state index in [2.05, 4.69) is 5.32 Å². The highest BCUT2D eigenvalue weighted by molar-refractivity contribution is 5.99. The van der Waals surface area contributed by atoms with Gasteiger partial charge >= 0.3 is 5.97 Å². The summed E-state index contributed by atoms with van der Waals surface area (Å²) in [5, 5.41) is 13.3. The number of hydrogen-bond acceptors (Lipinski definition) is 3. The third-order valence-electron chi connectivity index (χ3n) is 5.22. The molecule has 2 N–H and O–H groups in total. The van der Waals surface area contributed by atoms with Crippen LogP contribution in [0, 0.1) is 19.3 Å². The Morgan fingerprint density at radius 3 is 2.54 bits per heavy atom. The molecule has 1 aromatic carbocycles. The number of carboxylic acids is 1. The van der Waals surface area contributed by atoms with E-state index in [1.54, 1.807) is 0 Å². The lowest BCUT2D eigenvalue weighted by atomic mass is 9.74. The Morgan fingerprint density at radius 2 is 1.92 bits per heavy atom. The number of fused-ring (bicyclic) bond motifs is 1. The van der Waals surface area contributed by atoms with Crippen molar-refractivity contribution in [3.8, 4) is 0 Å². The van der Waals surface area contributed by atoms with Crippen molar-refractivity contribution >= 4 is 22.8 Å². The zero-order chi connectivity index (χ0) is 17.3. The predicted molar refractivity (Wildman–Crippen MR) is 91.2 cm³/mol. The number of furan rings is 1. The molecule has 2 aromatic rings. The van der Waals surface area contributed by atoms with Gasteiger partial charge in [-0.05, 0) is 32.3 Å². The first-order valence-corrected chi connectivity index (χ1v) is 8.45. The molecule has 1 aromatic heterocycles. The molecular formula is C19H23NO4. The molecule has 0 saturated heterocycles. The van der Waals surface area contributed by atoms with E-state index >= 15 is 0 Å². The summed E-state index contributed by atoms with van der Waals surface area (Å²) in [6, 6.07) is 5.80. The second-order valence-electron chi connectivity index (χ2n) is 6.84. The molecule has 0 spiro atoms. The number of rotatable bonds is 4. The molecule has 0 unspecified atom stereocenters. The van der Waals surface area contributed by atoms with Crippen LogP contribution in [0.3, 0.4) is 0 Å². The quantitative estimate of drug-likeness (QED) is 0.894. The monoisotopic (exact) mass is 329 g/mol. The van der Waals surface area contributed by atoms with Crippen LogP contribution in [0.2, 0.25) is 0 Å². The van der Waals surface area contributed by atoms with Crippen molar-refractivity contribution in [3.05, 3.63) is 35.1 Å². The van der Waals surface area contributed by atoms with E-state index in [-0.39, 0.29) is 18.2 Å². The number of carbonyl (C=O) groups excluding carboxylic acids is 1. The number of benzene rings is 1. The van der Waals surface area contributed by atoms with Crippen molar-refractivity contribution in [1.82, 2.24) is 5.32 Å². The van der Waals surface area contributed by atoms with Crippen molar-refractivity contribution < 1.29 is 19.1 Å². The molecule has 24 heavy (non-hydrogen) atoms. The number of amides is 1. The van der Waals surface area contributed by atoms with Crippen LogP contribution in [-0.2, 0) is 4.79 Å². The van der Waals surface area contributed by atoms with Gasteiger partial charge in [0.1, 0.15) is 5.58 Å². The van der Waals surface area contributed by atoms with Crippen molar-refractivity contribution in [2.24, 2.45) is 5.41 Å². The molecule has 1 aliphatic carbocycles. The van der Waals surface area contributed by atoms with E-state index in [0.717, 1.165) is 35.8 Å². The Bertz CT molecular complexity index is 784. The molecule has 1 aliphatic rings. The van der Waals surface area contributed by atoms with E-state index in [9.17, 15) is 14.7 Å². The summed E-state index contributed by atoms with van der Waals surface area (Å²) in [7, 11) is 0. The second kappa shape index (κ2) is 6.30. The summed E-state index contributed by atoms with van der Waals surface area (Å²) in [6.45, 7) is 3.94. The van der Waals surface area contributed by atoms with Crippen molar-refractivity contribution in [2.75, 3.05) is 6.54 Å². The molecule has 0 aliphatic heterocycles. The molecule has 0 atom stereocenters. The minimum atomic E-state index is -0.844. The molecule has 0 radical (unpaired) electrons. The normalized spacial score (nSPS) is 16.9. The summed E-state index contributed by atoms with van der Waals surface area (Å²) in [5.74, 6) is -0.885. The first-order chi connectivity index (χ1) is 11.4. The summed E-state index contributed by atoms with van der Waals surface area (Å²) in [5.41, 5.74) is 1.64. The van der Waals surface area contributed by atoms with Crippen LogP contribution >= 0.6 is 0 Å². The van der Waals surface area contributed by atoms with Gasteiger partial charge in [0.25, 0.3) is 5.91 Å². The van der Waals surface area contributed by atoms with Crippen LogP contribution in [0.25, 0.3) is 11.0 Å². The third-order valence-corrected chi connectivity index (χ3v) is 5.22. The maximum absolute atomic E-state index is 12.6. The Labute approximate surface area is 141 Å². The lowest BCUT2D eigenvalue weighted by molar-refractivity contribution is -0.150. The average molecular weight is 329 g/mol. The Morgan fingerprint density at radius 1 is 1.21 bits per heavy atom. The molecule has 3 rings (SSSR count). The SMILES string of the molecule is Cc1c(C(=O)NCC2(C(=O)O)CCCCC2)oc2c(C)cccc12. The zero-order valence-corrected chi connectivity index (χ0v) is 14.1. The zero-order valence-electron chi connectivity index (χ0n) is 14.1. The van der Waals surface area contributed by atoms with Crippen molar-refractivity contribution in [3.63, 3.8) is 0 Å². The summed E-state index contributed by atoms with van der Waals surface area (Å²) >= 11 is 0. The maximum Gasteiger partial charge on any atom is 0.311 e. The molecule has 1 amide bonds. The average Bonchev–Trinajstić information content (AvgIpc) is 2.92. The van der Waals surface area contributed by atoms with Crippen LogP contribution in [0.1, 0.15) is 53.8 Å². The van der Waals surface area contributed by atoms with Gasteiger partial charge in [0.2, 0.25) is 0 Å². The molecule has 5 nitrogen and oxygen atoms in total. The maximum atomic E-state index is 12.6. The van der Waals surface area contributed by atoms with Crippen LogP contribution in [0.4, 0.5) is 0 Å². The first-order valence-electron chi connectivity index (χ1n) is 8.45. The minimum absolute atomic E-state index is 0.149. The van der Waals surface area contributed by atoms with Gasteiger partial charge < -0.3 is 14.8 Å². The van der Waals surface area contributed by atoms with E-state index in [1.807, 2.05) is 32.0 Å². The highest BCUT2D eigenvalue weighted by atomic mass is 16.4. The van der Waals surface area contributed by atoms with Gasteiger partial charge in [0.05, 0.1) is 5.41 Å². The molecule has 1 saturated carbocycles. The molecule has 1 heterocycles. The van der Waals surface area contributed by atoms with Crippen LogP contribution in [-0.4, -0.2) is 23.5 Å². The van der Waals surface area contributed by atoms with Gasteiger partial charge in [-0.25, -0.2) is 0 Å². The smallest absolute Gasteiger partial charge is 0.311 e. The molecule has 128 valence electrons. The summed E-state index contributed by atoms with van der Waals surface area (Å²) in [4.78, 5) is 24.3. The number of carboxylic acid groups (broad SMARTS) is 1. The highest BCUT2D eigenvalue weighted by Gasteiger charge is 2.40. The van der Waals surface area contributed by atoms with Gasteiger partial charge in [-0.15, -0.1) is 0 Å². The number of nitrogens with one attached hydrogen (secondary N) is 1. The Balaban J connectivity index is 1.81. The number of carbonyl (C=O) groups is 2. The standard InChI is InChI=1S/C19H23NO4/c1-12-7-6-8-14-13(2)16(24-15(12)14)17(21)20-11-19(18(22)23)9-4-3-5-10-19/h6-8H,3-5,9-11H2,1-2H3,(H,20,21)(H,22,23). The van der Waals surface area contributed by atoms with Crippen LogP contribution in [0.5, 0.6) is 0 Å². The highest BCUT2D eigenvalue weighted by Crippen LogP contribution is 2.36. The van der Waals surface area contributed by atoms with Crippen molar-refractivity contribution in [1.29, 1.82) is 0 Å². The van der Waals surface area contributed by atoms with E-state index in [1.165, 1.54) is 0 Å². The van der Waals surface area contributed by atoms with Gasteiger partial charge in [-0.1, -0.05) is 37.5 Å². The second-order valence-corrected chi connectivity index (χ2v) is 6.84. The lowest BCUT2D eigenvalue weighted by Crippen LogP contribution is -2.44. The molecular weight excluding hydrogens is 306 g/mol. The minimum Gasteiger partial charge on any atom is -0.481 e. The number of para-hydroxylation sites is 1. The first kappa shape index (κ1) is 16.6. The van der Waals surface area contributed by atoms with Crippen LogP contribution in [0.15, 0.2) is 22.6 Å². The summed E-state index contributed by atoms with van der Waals surface area (Å²) in [6.07, 6.45) is 4.07. The van der Waals surface area contributed by atoms with E-state index < -0.39 is 11.4 Å². The number of aliphatic carboxylic acids is 1. The number of hydrogen-bond donors (Lipinski definition) is 2. The predicted octanol–water partition coefficient (Wildman–Crippen LogP) is 3.81. The largest absolute Gasteiger partial charge is 0.481 e. The molecule has 5 heteroatoms. The van der Waals surface area contributed by atoms with Crippen molar-refractivity contribution in [2.45, 2.75) is 46.0 Å². The van der Waals surface area contributed by atoms with Gasteiger partial charge in [0, 0.05) is 17.5 Å². The van der Waals surface area contributed by atoms with E-state index in [0.29, 0.717) is 18.4 Å². The van der Waals surface area contributed by atoms with Gasteiger partial charge in [-0.3, -0.25) is 9.59 Å². The fourth-order valence-corrected chi connectivity index (χ4v) is 3.63. The van der Waals surface area contributed by atoms with E-state index in [4.69, 9.17) is 4.42 Å². The van der Waals surface area contributed by atoms with Crippen LogP contribution < -0.4 is 5.32 Å². The topological polar surface area (TPSA) is 79.5 Å². The Hall–Kier alpha value is -2.30. The molecule has 0 bridgehead atoms. The van der Waals surface area contributed by atoms with Gasteiger partial charge in [-0.2, -0.15) is 0 Å². The lowest BCUT2D eigenvalue weighted by Gasteiger charge is -2.33. The fraction of sp³-hybridized carbons (Fsp3) is 0.474. The molecule has 1 fully saturated rings.